The van der Waals surface area contributed by atoms with Gasteiger partial charge in [-0.1, -0.05) is 17.7 Å². The maximum atomic E-state index is 11.6. The fourth-order valence-electron chi connectivity index (χ4n) is 1.32. The molecule has 1 aromatic carbocycles. The number of hydrogen-bond donors (Lipinski definition) is 2. The van der Waals surface area contributed by atoms with Crippen LogP contribution in [0, 0.1) is 6.92 Å². The Morgan fingerprint density at radius 3 is 2.21 bits per heavy atom. The Hall–Kier alpha value is -2.37. The average Bonchev–Trinajstić information content (AvgIpc) is 2.40. The molecule has 0 aromatic heterocycles. The average molecular weight is 264 g/mol. The van der Waals surface area contributed by atoms with Gasteiger partial charge < -0.3 is 15.4 Å². The molecule has 19 heavy (non-hydrogen) atoms. The third-order valence-electron chi connectivity index (χ3n) is 2.42. The van der Waals surface area contributed by atoms with Crippen molar-refractivity contribution in [1.82, 2.24) is 5.32 Å². The zero-order chi connectivity index (χ0) is 14.4. The van der Waals surface area contributed by atoms with E-state index in [2.05, 4.69) is 15.4 Å². The minimum atomic E-state index is -0.890. The van der Waals surface area contributed by atoms with Crippen molar-refractivity contribution in [3.8, 4) is 0 Å². The molecule has 2 amide bonds. The van der Waals surface area contributed by atoms with Crippen LogP contribution in [0.2, 0.25) is 0 Å². The van der Waals surface area contributed by atoms with Crippen molar-refractivity contribution >= 4 is 23.5 Å². The number of anilines is 1. The highest BCUT2D eigenvalue weighted by Crippen LogP contribution is 2.08. The lowest BCUT2D eigenvalue weighted by Crippen LogP contribution is -2.44. The topological polar surface area (TPSA) is 84.5 Å². The van der Waals surface area contributed by atoms with Gasteiger partial charge in [0.25, 0.3) is 0 Å². The molecule has 102 valence electrons. The predicted molar refractivity (Wildman–Crippen MR) is 69.4 cm³/mol. The summed E-state index contributed by atoms with van der Waals surface area (Å²) in [5.41, 5.74) is 1.55. The van der Waals surface area contributed by atoms with Crippen molar-refractivity contribution in [2.45, 2.75) is 19.9 Å². The van der Waals surface area contributed by atoms with Crippen LogP contribution in [0.3, 0.4) is 0 Å². The van der Waals surface area contributed by atoms with E-state index >= 15 is 0 Å². The van der Waals surface area contributed by atoms with E-state index in [1.807, 2.05) is 19.1 Å². The number of ether oxygens (including phenoxy) is 1. The number of aryl methyl sites for hydroxylation is 1. The van der Waals surface area contributed by atoms with Gasteiger partial charge in [0.05, 0.1) is 7.11 Å². The van der Waals surface area contributed by atoms with Crippen molar-refractivity contribution in [1.29, 1.82) is 0 Å². The smallest absolute Gasteiger partial charge is 0.328 e. The second-order valence-corrected chi connectivity index (χ2v) is 4.04. The molecule has 1 aromatic rings. The van der Waals surface area contributed by atoms with Crippen molar-refractivity contribution in [3.63, 3.8) is 0 Å². The van der Waals surface area contributed by atoms with Crippen molar-refractivity contribution in [3.05, 3.63) is 29.8 Å². The molecule has 0 saturated heterocycles. The number of methoxy groups -OCH3 is 1. The Morgan fingerprint density at radius 2 is 1.68 bits per heavy atom. The highest BCUT2D eigenvalue weighted by atomic mass is 16.5. The van der Waals surface area contributed by atoms with Gasteiger partial charge in [-0.25, -0.2) is 4.79 Å². The Bertz CT molecular complexity index is 482. The van der Waals surface area contributed by atoms with Crippen molar-refractivity contribution < 1.29 is 19.1 Å². The lowest BCUT2D eigenvalue weighted by atomic mass is 10.2. The third kappa shape index (κ3) is 4.42. The Labute approximate surface area is 111 Å². The quantitative estimate of drug-likeness (QED) is 0.619. The second-order valence-electron chi connectivity index (χ2n) is 4.04. The Kier molecular flexibility index (Phi) is 5.05. The normalized spacial score (nSPS) is 11.3. The molecule has 1 unspecified atom stereocenters. The Morgan fingerprint density at radius 1 is 1.11 bits per heavy atom. The number of amides is 2. The highest BCUT2D eigenvalue weighted by Gasteiger charge is 2.20. The van der Waals surface area contributed by atoms with E-state index in [1.165, 1.54) is 14.0 Å². The lowest BCUT2D eigenvalue weighted by molar-refractivity contribution is -0.145. The van der Waals surface area contributed by atoms with Gasteiger partial charge in [0.2, 0.25) is 0 Å². The number of carbonyl (C=O) groups excluding carboxylic acids is 3. The summed E-state index contributed by atoms with van der Waals surface area (Å²) < 4.78 is 4.44. The van der Waals surface area contributed by atoms with Crippen molar-refractivity contribution in [2.24, 2.45) is 0 Å². The summed E-state index contributed by atoms with van der Waals surface area (Å²) >= 11 is 0. The van der Waals surface area contributed by atoms with Crippen LogP contribution in [-0.2, 0) is 19.1 Å². The molecule has 1 rings (SSSR count). The highest BCUT2D eigenvalue weighted by molar-refractivity contribution is 6.40. The number of esters is 1. The third-order valence-corrected chi connectivity index (χ3v) is 2.42. The first kappa shape index (κ1) is 14.7. The van der Waals surface area contributed by atoms with E-state index in [1.54, 1.807) is 12.1 Å². The summed E-state index contributed by atoms with van der Waals surface area (Å²) in [5, 5.41) is 4.66. The van der Waals surface area contributed by atoms with Gasteiger partial charge in [0.15, 0.2) is 0 Å². The van der Waals surface area contributed by atoms with E-state index in [0.29, 0.717) is 5.69 Å². The fraction of sp³-hybridized carbons (Fsp3) is 0.308. The molecule has 0 aliphatic carbocycles. The van der Waals surface area contributed by atoms with E-state index in [9.17, 15) is 14.4 Å². The predicted octanol–water partition coefficient (Wildman–Crippen LogP) is 0.611. The number of hydrogen-bond acceptors (Lipinski definition) is 4. The monoisotopic (exact) mass is 264 g/mol. The molecule has 0 aliphatic rings. The van der Waals surface area contributed by atoms with Gasteiger partial charge in [-0.3, -0.25) is 9.59 Å². The molecule has 0 radical (unpaired) electrons. The molecule has 0 fully saturated rings. The van der Waals surface area contributed by atoms with Crippen LogP contribution in [0.15, 0.2) is 24.3 Å². The van der Waals surface area contributed by atoms with E-state index in [-0.39, 0.29) is 0 Å². The van der Waals surface area contributed by atoms with Gasteiger partial charge >= 0.3 is 17.8 Å². The summed E-state index contributed by atoms with van der Waals surface area (Å²) in [6, 6.07) is 6.12. The van der Waals surface area contributed by atoms with Crippen LogP contribution in [0.25, 0.3) is 0 Å². The summed E-state index contributed by atoms with van der Waals surface area (Å²) in [5.74, 6) is -2.34. The summed E-state index contributed by atoms with van der Waals surface area (Å²) in [6.07, 6.45) is 0. The van der Waals surface area contributed by atoms with Gasteiger partial charge in [0, 0.05) is 5.69 Å². The maximum Gasteiger partial charge on any atom is 0.328 e. The molecule has 1 atom stereocenters. The molecule has 6 nitrogen and oxygen atoms in total. The van der Waals surface area contributed by atoms with E-state index < -0.39 is 23.8 Å². The fourth-order valence-corrected chi connectivity index (χ4v) is 1.32. The summed E-state index contributed by atoms with van der Waals surface area (Å²) in [6.45, 7) is 3.35. The van der Waals surface area contributed by atoms with Crippen LogP contribution >= 0.6 is 0 Å². The molecule has 0 aliphatic heterocycles. The van der Waals surface area contributed by atoms with Crippen molar-refractivity contribution in [2.75, 3.05) is 12.4 Å². The SMILES string of the molecule is COC(=O)C(C)NC(=O)C(=O)Nc1ccc(C)cc1. The summed E-state index contributed by atoms with van der Waals surface area (Å²) in [7, 11) is 1.21. The van der Waals surface area contributed by atoms with Crippen LogP contribution in [0.5, 0.6) is 0 Å². The molecule has 0 bridgehead atoms. The minimum Gasteiger partial charge on any atom is -0.467 e. The standard InChI is InChI=1S/C13H16N2O4/c1-8-4-6-10(7-5-8)15-12(17)11(16)14-9(2)13(18)19-3/h4-7,9H,1-3H3,(H,14,16)(H,15,17). The molecular formula is C13H16N2O4. The second kappa shape index (κ2) is 6.53. The number of rotatable bonds is 3. The van der Waals surface area contributed by atoms with Gasteiger partial charge in [-0.2, -0.15) is 0 Å². The summed E-state index contributed by atoms with van der Waals surface area (Å²) in [4.78, 5) is 34.2. The molecular weight excluding hydrogens is 248 g/mol. The zero-order valence-electron chi connectivity index (χ0n) is 11.0. The van der Waals surface area contributed by atoms with E-state index in [0.717, 1.165) is 5.56 Å². The lowest BCUT2D eigenvalue weighted by Gasteiger charge is -2.11. The molecule has 0 saturated carbocycles. The van der Waals surface area contributed by atoms with Gasteiger partial charge in [0.1, 0.15) is 6.04 Å². The first-order chi connectivity index (χ1) is 8.93. The molecule has 2 N–H and O–H groups in total. The number of benzene rings is 1. The molecule has 0 spiro atoms. The largest absolute Gasteiger partial charge is 0.467 e. The van der Waals surface area contributed by atoms with E-state index in [4.69, 9.17) is 0 Å². The Balaban J connectivity index is 2.56. The van der Waals surface area contributed by atoms with Crippen LogP contribution in [0.4, 0.5) is 5.69 Å². The zero-order valence-corrected chi connectivity index (χ0v) is 11.0. The number of nitrogens with one attached hydrogen (secondary N) is 2. The first-order valence-corrected chi connectivity index (χ1v) is 5.70. The van der Waals surface area contributed by atoms with Crippen LogP contribution < -0.4 is 10.6 Å². The maximum absolute atomic E-state index is 11.6. The van der Waals surface area contributed by atoms with Crippen LogP contribution in [-0.4, -0.2) is 30.9 Å². The van der Waals surface area contributed by atoms with Gasteiger partial charge in [-0.05, 0) is 26.0 Å². The first-order valence-electron chi connectivity index (χ1n) is 5.70. The van der Waals surface area contributed by atoms with Crippen LogP contribution in [0.1, 0.15) is 12.5 Å². The molecule has 0 heterocycles. The van der Waals surface area contributed by atoms with Gasteiger partial charge in [-0.15, -0.1) is 0 Å². The molecule has 6 heteroatoms. The number of carbonyl (C=O) groups is 3. The minimum absolute atomic E-state index is 0.511.